The van der Waals surface area contributed by atoms with Gasteiger partial charge in [0.05, 0.1) is 12.2 Å². The summed E-state index contributed by atoms with van der Waals surface area (Å²) in [6.45, 7) is 9.77. The standard InChI is InChI=1S/C21H26F2O5.C21H27FO5/c1-10-6-12-13-8-15(22)14-7-11(24)4-5-18(14,2)20(13,23)16(25)9-19(12,3)21(10,28)17(26)27;1-11-8-15-14-5-4-12-9-13(23)6-7-18(12,2)20(14,22)16(24)10-19(15,3)21(11,27)17(25)26/h4-5,7,10,12-13,15-16,25,28H,6,8-9H2,1-3H3,(H,26,27);6-7,9,11,14-16,24,27H,4-5,8,10H2,1-3H3,(H,25,26)/t10?,12?,13?,15-,16-,18?,19?,20-,21-;11?,14?,15?,16-,18?,19?,20-,21-/m00/s1. The maximum absolute atomic E-state index is 16.8. The molecule has 0 radical (unpaired) electrons. The number of aliphatic carboxylic acids is 2. The summed E-state index contributed by atoms with van der Waals surface area (Å²) in [7, 11) is 0. The molecular formula is C42H53F3O10. The molecule has 0 bridgehead atoms. The zero-order valence-electron chi connectivity index (χ0n) is 32.1. The van der Waals surface area contributed by atoms with E-state index in [9.17, 15) is 49.8 Å². The van der Waals surface area contributed by atoms with E-state index in [0.29, 0.717) is 24.8 Å². The van der Waals surface area contributed by atoms with Crippen LogP contribution >= 0.6 is 0 Å². The zero-order valence-corrected chi connectivity index (χ0v) is 32.1. The number of carboxylic acids is 2. The molecule has 8 rings (SSSR count). The van der Waals surface area contributed by atoms with E-state index in [1.54, 1.807) is 40.7 Å². The van der Waals surface area contributed by atoms with E-state index in [-0.39, 0.29) is 43.0 Å². The van der Waals surface area contributed by atoms with Gasteiger partial charge in [0.15, 0.2) is 34.1 Å². The smallest absolute Gasteiger partial charge is 0.336 e. The molecular weight excluding hydrogens is 721 g/mol. The summed E-state index contributed by atoms with van der Waals surface area (Å²) in [6, 6.07) is 0. The van der Waals surface area contributed by atoms with Gasteiger partial charge in [-0.1, -0.05) is 45.4 Å². The predicted molar refractivity (Wildman–Crippen MR) is 191 cm³/mol. The van der Waals surface area contributed by atoms with Crippen molar-refractivity contribution in [3.63, 3.8) is 0 Å². The van der Waals surface area contributed by atoms with Gasteiger partial charge in [-0.25, -0.2) is 22.8 Å². The van der Waals surface area contributed by atoms with Crippen LogP contribution in [0.1, 0.15) is 86.5 Å². The molecule has 0 aromatic heterocycles. The number of ketones is 2. The average molecular weight is 775 g/mol. The quantitative estimate of drug-likeness (QED) is 0.228. The number of fused-ring (bicyclic) bond motifs is 10. The number of carbonyl (C=O) groups excluding carboxylic acids is 2. The van der Waals surface area contributed by atoms with E-state index in [4.69, 9.17) is 0 Å². The SMILES string of the molecule is CC1CC2C3CCC4=CC(=O)C=CC4(C)[C@@]3(F)[C@@H](O)CC2(C)[C@@]1(O)C(=O)O.CC1CC2C3C[C@H](F)C4=CC(=O)C=CC4(C)[C@@]3(F)[C@@H](O)CC2(C)[C@@]1(O)C(=O)O. The Morgan fingerprint density at radius 2 is 1.13 bits per heavy atom. The van der Waals surface area contributed by atoms with Crippen molar-refractivity contribution in [2.75, 3.05) is 0 Å². The van der Waals surface area contributed by atoms with Crippen LogP contribution in [0.3, 0.4) is 0 Å². The largest absolute Gasteiger partial charge is 0.479 e. The second-order valence-corrected chi connectivity index (χ2v) is 19.0. The molecule has 0 amide bonds. The molecule has 8 aliphatic rings. The fraction of sp³-hybridized carbons (Fsp3) is 0.714. The maximum atomic E-state index is 16.8. The van der Waals surface area contributed by atoms with Gasteiger partial charge in [0.25, 0.3) is 0 Å². The molecule has 0 aromatic carbocycles. The van der Waals surface area contributed by atoms with E-state index < -0.39 is 110 Å². The minimum absolute atomic E-state index is 0.0287. The Balaban J connectivity index is 0.000000169. The highest BCUT2D eigenvalue weighted by atomic mass is 19.2. The highest BCUT2D eigenvalue weighted by Crippen LogP contribution is 2.72. The third kappa shape index (κ3) is 4.52. The number of hydrogen-bond donors (Lipinski definition) is 6. The van der Waals surface area contributed by atoms with E-state index in [0.717, 1.165) is 6.08 Å². The number of hydrogen-bond acceptors (Lipinski definition) is 8. The Labute approximate surface area is 318 Å². The van der Waals surface area contributed by atoms with Crippen LogP contribution in [-0.4, -0.2) is 95.1 Å². The normalized spacial score (nSPS) is 54.6. The summed E-state index contributed by atoms with van der Waals surface area (Å²) in [5, 5.41) is 63.7. The number of carboxylic acid groups (broad SMARTS) is 2. The first-order valence-corrected chi connectivity index (χ1v) is 19.5. The number of aliphatic hydroxyl groups excluding tert-OH is 2. The molecule has 10 unspecified atom stereocenters. The van der Waals surface area contributed by atoms with Gasteiger partial charge in [-0.3, -0.25) is 9.59 Å². The van der Waals surface area contributed by atoms with Crippen LogP contribution < -0.4 is 0 Å². The summed E-state index contributed by atoms with van der Waals surface area (Å²) in [6.07, 6.45) is 4.44. The van der Waals surface area contributed by atoms with Crippen molar-refractivity contribution in [3.05, 3.63) is 47.6 Å². The monoisotopic (exact) mass is 774 g/mol. The predicted octanol–water partition coefficient (Wildman–Crippen LogP) is 4.79. The number of alkyl halides is 3. The molecule has 10 nitrogen and oxygen atoms in total. The molecule has 55 heavy (non-hydrogen) atoms. The van der Waals surface area contributed by atoms with Crippen LogP contribution in [-0.2, 0) is 19.2 Å². The van der Waals surface area contributed by atoms with Crippen molar-refractivity contribution in [1.82, 2.24) is 0 Å². The number of carbonyl (C=O) groups is 4. The molecule has 8 aliphatic carbocycles. The Kier molecular flexibility index (Phi) is 8.71. The molecule has 0 aromatic rings. The molecule has 0 heterocycles. The lowest BCUT2D eigenvalue weighted by Crippen LogP contribution is -2.70. The van der Waals surface area contributed by atoms with Crippen molar-refractivity contribution in [3.8, 4) is 0 Å². The van der Waals surface area contributed by atoms with Crippen LogP contribution in [0.2, 0.25) is 0 Å². The van der Waals surface area contributed by atoms with Gasteiger partial charge < -0.3 is 30.6 Å². The summed E-state index contributed by atoms with van der Waals surface area (Å²) in [5.74, 6) is -7.01. The maximum Gasteiger partial charge on any atom is 0.336 e. The molecule has 17 atom stereocenters. The van der Waals surface area contributed by atoms with Gasteiger partial charge >= 0.3 is 11.9 Å². The second-order valence-electron chi connectivity index (χ2n) is 19.0. The highest BCUT2D eigenvalue weighted by Gasteiger charge is 2.78. The van der Waals surface area contributed by atoms with Crippen LogP contribution in [0.15, 0.2) is 47.6 Å². The lowest BCUT2D eigenvalue weighted by Gasteiger charge is -2.62. The molecule has 6 fully saturated rings. The Hall–Kier alpha value is -3.13. The minimum atomic E-state index is -2.26. The number of aliphatic hydroxyl groups is 4. The van der Waals surface area contributed by atoms with Gasteiger partial charge in [0.1, 0.15) is 6.17 Å². The summed E-state index contributed by atoms with van der Waals surface area (Å²) >= 11 is 0. The summed E-state index contributed by atoms with van der Waals surface area (Å²) < 4.78 is 48.7. The fourth-order valence-corrected chi connectivity index (χ4v) is 14.0. The Morgan fingerprint density at radius 1 is 0.691 bits per heavy atom. The first-order valence-electron chi connectivity index (χ1n) is 19.5. The van der Waals surface area contributed by atoms with Crippen LogP contribution in [0.4, 0.5) is 13.2 Å². The van der Waals surface area contributed by atoms with E-state index in [1.807, 2.05) is 0 Å². The average Bonchev–Trinajstić information content (AvgIpc) is 3.43. The van der Waals surface area contributed by atoms with Crippen molar-refractivity contribution >= 4 is 23.5 Å². The van der Waals surface area contributed by atoms with Crippen molar-refractivity contribution in [2.45, 2.75) is 127 Å². The van der Waals surface area contributed by atoms with Crippen LogP contribution in [0.25, 0.3) is 0 Å². The van der Waals surface area contributed by atoms with Gasteiger partial charge in [0.2, 0.25) is 0 Å². The van der Waals surface area contributed by atoms with Gasteiger partial charge in [-0.2, -0.15) is 0 Å². The first kappa shape index (κ1) is 40.1. The van der Waals surface area contributed by atoms with E-state index in [1.165, 1.54) is 31.2 Å². The molecule has 0 aliphatic heterocycles. The molecule has 6 saturated carbocycles. The van der Waals surface area contributed by atoms with Crippen molar-refractivity contribution in [1.29, 1.82) is 0 Å². The third-order valence-electron chi connectivity index (χ3n) is 17.1. The fourth-order valence-electron chi connectivity index (χ4n) is 14.0. The van der Waals surface area contributed by atoms with Gasteiger partial charge in [0, 0.05) is 33.5 Å². The Morgan fingerprint density at radius 3 is 1.62 bits per heavy atom. The van der Waals surface area contributed by atoms with Gasteiger partial charge in [-0.15, -0.1) is 0 Å². The number of allylic oxidation sites excluding steroid dienone is 8. The third-order valence-corrected chi connectivity index (χ3v) is 17.1. The number of rotatable bonds is 2. The molecule has 0 spiro atoms. The lowest BCUT2D eigenvalue weighted by atomic mass is 9.44. The zero-order chi connectivity index (χ0) is 40.9. The Bertz CT molecular complexity index is 1880. The van der Waals surface area contributed by atoms with E-state index >= 15 is 13.2 Å². The van der Waals surface area contributed by atoms with E-state index in [2.05, 4.69) is 0 Å². The summed E-state index contributed by atoms with van der Waals surface area (Å²) in [4.78, 5) is 47.5. The second kappa shape index (κ2) is 12.0. The summed E-state index contributed by atoms with van der Waals surface area (Å²) in [5.41, 5.74) is -12.6. The topological polar surface area (TPSA) is 190 Å². The molecule has 6 N–H and O–H groups in total. The lowest BCUT2D eigenvalue weighted by molar-refractivity contribution is -0.229. The molecule has 0 saturated heterocycles. The molecule has 302 valence electrons. The highest BCUT2D eigenvalue weighted by molar-refractivity contribution is 6.02. The van der Waals surface area contributed by atoms with Gasteiger partial charge in [-0.05, 0) is 112 Å². The van der Waals surface area contributed by atoms with Crippen molar-refractivity contribution < 1.29 is 63.0 Å². The minimum Gasteiger partial charge on any atom is -0.479 e. The van der Waals surface area contributed by atoms with Crippen molar-refractivity contribution in [2.24, 2.45) is 57.2 Å². The van der Waals surface area contributed by atoms with Crippen LogP contribution in [0, 0.1) is 57.2 Å². The molecule has 13 heteroatoms. The number of halogens is 3. The van der Waals surface area contributed by atoms with Crippen LogP contribution in [0.5, 0.6) is 0 Å². The first-order chi connectivity index (χ1) is 25.3.